The number of aliphatic carboxylic acids is 2. The second-order valence-electron chi connectivity index (χ2n) is 7.79. The van der Waals surface area contributed by atoms with Crippen LogP contribution in [0.15, 0.2) is 59.8 Å². The van der Waals surface area contributed by atoms with Crippen LogP contribution in [0.25, 0.3) is 0 Å². The van der Waals surface area contributed by atoms with Crippen molar-refractivity contribution in [2.45, 2.75) is 61.9 Å². The maximum absolute atomic E-state index is 12.0. The standard InChI is InChI=1S/C24H28N4O4S/c29-22(30)15-8-16-28-24(25-26-27-28)33-21(23(31)32)17-20-14-7-6-13-19(20)12-5-4-11-18-9-2-1-3-10-18/h1-3,6-7,9-10,13-14,21H,4-5,8,11-12,15-17H2,(H,29,30)(H,31,32). The summed E-state index contributed by atoms with van der Waals surface area (Å²) in [4.78, 5) is 22.7. The van der Waals surface area contributed by atoms with Crippen molar-refractivity contribution in [3.63, 3.8) is 0 Å². The van der Waals surface area contributed by atoms with E-state index >= 15 is 0 Å². The Morgan fingerprint density at radius 3 is 2.33 bits per heavy atom. The first kappa shape index (κ1) is 24.4. The minimum absolute atomic E-state index is 0.00394. The number of aromatic nitrogens is 4. The van der Waals surface area contributed by atoms with Crippen molar-refractivity contribution >= 4 is 23.7 Å². The van der Waals surface area contributed by atoms with Crippen molar-refractivity contribution < 1.29 is 19.8 Å². The van der Waals surface area contributed by atoms with Gasteiger partial charge in [-0.05, 0) is 65.6 Å². The summed E-state index contributed by atoms with van der Waals surface area (Å²) in [6, 6.07) is 18.4. The van der Waals surface area contributed by atoms with E-state index in [1.165, 1.54) is 15.8 Å². The molecule has 1 atom stereocenters. The van der Waals surface area contributed by atoms with Crippen LogP contribution in [0.4, 0.5) is 0 Å². The molecule has 0 fully saturated rings. The summed E-state index contributed by atoms with van der Waals surface area (Å²) >= 11 is 1.10. The number of benzene rings is 2. The molecule has 0 saturated carbocycles. The van der Waals surface area contributed by atoms with Crippen molar-refractivity contribution in [3.8, 4) is 0 Å². The molecule has 1 heterocycles. The topological polar surface area (TPSA) is 118 Å². The molecule has 9 heteroatoms. The maximum atomic E-state index is 12.0. The van der Waals surface area contributed by atoms with Gasteiger partial charge in [-0.25, -0.2) is 4.68 Å². The Bertz CT molecular complexity index is 1040. The Morgan fingerprint density at radius 2 is 1.61 bits per heavy atom. The van der Waals surface area contributed by atoms with Gasteiger partial charge in [-0.15, -0.1) is 5.10 Å². The number of aryl methyl sites for hydroxylation is 3. The SMILES string of the molecule is O=C(O)CCCn1nnnc1SC(Cc1ccccc1CCCCc1ccccc1)C(=O)O. The molecule has 0 aliphatic rings. The first-order valence-electron chi connectivity index (χ1n) is 11.0. The third-order valence-corrected chi connectivity index (χ3v) is 6.47. The molecular weight excluding hydrogens is 440 g/mol. The first-order chi connectivity index (χ1) is 16.0. The van der Waals surface area contributed by atoms with Crippen LogP contribution >= 0.6 is 11.8 Å². The summed E-state index contributed by atoms with van der Waals surface area (Å²) in [6.07, 6.45) is 4.76. The molecule has 3 rings (SSSR count). The quantitative estimate of drug-likeness (QED) is 0.270. The Balaban J connectivity index is 1.59. The second-order valence-corrected chi connectivity index (χ2v) is 8.96. The van der Waals surface area contributed by atoms with E-state index in [-0.39, 0.29) is 6.42 Å². The summed E-state index contributed by atoms with van der Waals surface area (Å²) in [5, 5.41) is 29.7. The Kier molecular flexibility index (Phi) is 9.44. The predicted molar refractivity (Wildman–Crippen MR) is 125 cm³/mol. The van der Waals surface area contributed by atoms with Crippen LogP contribution in [-0.2, 0) is 35.4 Å². The zero-order chi connectivity index (χ0) is 23.5. The van der Waals surface area contributed by atoms with Gasteiger partial charge in [-0.3, -0.25) is 9.59 Å². The lowest BCUT2D eigenvalue weighted by Gasteiger charge is -2.15. The molecule has 2 aromatic carbocycles. The van der Waals surface area contributed by atoms with Gasteiger partial charge in [-0.2, -0.15) is 0 Å². The summed E-state index contributed by atoms with van der Waals surface area (Å²) in [5.41, 5.74) is 3.51. The molecular formula is C24H28N4O4S. The van der Waals surface area contributed by atoms with E-state index in [1.807, 2.05) is 24.3 Å². The zero-order valence-electron chi connectivity index (χ0n) is 18.3. The average Bonchev–Trinajstić information content (AvgIpc) is 3.24. The summed E-state index contributed by atoms with van der Waals surface area (Å²) < 4.78 is 1.47. The van der Waals surface area contributed by atoms with Gasteiger partial charge < -0.3 is 10.2 Å². The number of rotatable bonds is 14. The zero-order valence-corrected chi connectivity index (χ0v) is 19.2. The number of hydrogen-bond donors (Lipinski definition) is 2. The van der Waals surface area contributed by atoms with Gasteiger partial charge in [0, 0.05) is 13.0 Å². The molecule has 33 heavy (non-hydrogen) atoms. The first-order valence-corrected chi connectivity index (χ1v) is 11.9. The van der Waals surface area contributed by atoms with Gasteiger partial charge >= 0.3 is 11.9 Å². The highest BCUT2D eigenvalue weighted by Gasteiger charge is 2.24. The highest BCUT2D eigenvalue weighted by molar-refractivity contribution is 8.00. The average molecular weight is 469 g/mol. The molecule has 174 valence electrons. The lowest BCUT2D eigenvalue weighted by molar-refractivity contribution is -0.137. The number of carboxylic acid groups (broad SMARTS) is 2. The van der Waals surface area contributed by atoms with Crippen molar-refractivity contribution in [1.29, 1.82) is 0 Å². The van der Waals surface area contributed by atoms with Gasteiger partial charge in [0.2, 0.25) is 5.16 Å². The number of nitrogens with zero attached hydrogens (tertiary/aromatic N) is 4. The number of thioether (sulfide) groups is 1. The number of tetrazole rings is 1. The number of hydrogen-bond acceptors (Lipinski definition) is 6. The van der Waals surface area contributed by atoms with Gasteiger partial charge in [0.25, 0.3) is 0 Å². The maximum Gasteiger partial charge on any atom is 0.317 e. The molecule has 3 aromatic rings. The van der Waals surface area contributed by atoms with Gasteiger partial charge in [0.1, 0.15) is 5.25 Å². The van der Waals surface area contributed by atoms with Crippen LogP contribution in [0.1, 0.15) is 42.4 Å². The monoisotopic (exact) mass is 468 g/mol. The van der Waals surface area contributed by atoms with Crippen LogP contribution in [0.3, 0.4) is 0 Å². The molecule has 0 radical (unpaired) electrons. The van der Waals surface area contributed by atoms with Crippen molar-refractivity contribution in [2.75, 3.05) is 0 Å². The Labute approximate surface area is 197 Å². The molecule has 0 saturated heterocycles. The number of carboxylic acids is 2. The molecule has 0 bridgehead atoms. The smallest absolute Gasteiger partial charge is 0.317 e. The molecule has 0 aliphatic carbocycles. The van der Waals surface area contributed by atoms with Gasteiger partial charge in [0.15, 0.2) is 0 Å². The number of unbranched alkanes of at least 4 members (excludes halogenated alkanes) is 1. The van der Waals surface area contributed by atoms with Crippen LogP contribution in [-0.4, -0.2) is 47.6 Å². The molecule has 1 aromatic heterocycles. The molecule has 2 N–H and O–H groups in total. The van der Waals surface area contributed by atoms with Gasteiger partial charge in [0.05, 0.1) is 0 Å². The van der Waals surface area contributed by atoms with Crippen LogP contribution in [0.5, 0.6) is 0 Å². The normalized spacial score (nSPS) is 11.9. The van der Waals surface area contributed by atoms with E-state index in [1.54, 1.807) is 0 Å². The molecule has 1 unspecified atom stereocenters. The second kappa shape index (κ2) is 12.7. The van der Waals surface area contributed by atoms with E-state index in [4.69, 9.17) is 5.11 Å². The molecule has 8 nitrogen and oxygen atoms in total. The fourth-order valence-electron chi connectivity index (χ4n) is 3.60. The van der Waals surface area contributed by atoms with E-state index in [9.17, 15) is 14.7 Å². The Morgan fingerprint density at radius 1 is 0.909 bits per heavy atom. The molecule has 0 spiro atoms. The van der Waals surface area contributed by atoms with E-state index in [0.717, 1.165) is 43.0 Å². The minimum atomic E-state index is -0.932. The summed E-state index contributed by atoms with van der Waals surface area (Å²) in [7, 11) is 0. The largest absolute Gasteiger partial charge is 0.481 e. The van der Waals surface area contributed by atoms with Crippen molar-refractivity contribution in [2.24, 2.45) is 0 Å². The minimum Gasteiger partial charge on any atom is -0.481 e. The van der Waals surface area contributed by atoms with E-state index < -0.39 is 17.2 Å². The van der Waals surface area contributed by atoms with E-state index in [0.29, 0.717) is 24.5 Å². The van der Waals surface area contributed by atoms with Crippen LogP contribution in [0.2, 0.25) is 0 Å². The predicted octanol–water partition coefficient (Wildman–Crippen LogP) is 3.89. The van der Waals surface area contributed by atoms with Crippen LogP contribution in [0, 0.1) is 0 Å². The fourth-order valence-corrected chi connectivity index (χ4v) is 4.55. The summed E-state index contributed by atoms with van der Waals surface area (Å²) in [5.74, 6) is -1.82. The van der Waals surface area contributed by atoms with Crippen LogP contribution < -0.4 is 0 Å². The third-order valence-electron chi connectivity index (χ3n) is 5.31. The Hall–Kier alpha value is -3.20. The fraction of sp³-hybridized carbons (Fsp3) is 0.375. The van der Waals surface area contributed by atoms with Crippen molar-refractivity contribution in [3.05, 3.63) is 71.3 Å². The lowest BCUT2D eigenvalue weighted by Crippen LogP contribution is -2.21. The van der Waals surface area contributed by atoms with E-state index in [2.05, 4.69) is 45.9 Å². The molecule has 0 amide bonds. The lowest BCUT2D eigenvalue weighted by atomic mass is 9.97. The number of carbonyl (C=O) groups is 2. The highest BCUT2D eigenvalue weighted by atomic mass is 32.2. The third kappa shape index (κ3) is 8.02. The molecule has 0 aliphatic heterocycles. The summed E-state index contributed by atoms with van der Waals surface area (Å²) in [6.45, 7) is 0.325. The van der Waals surface area contributed by atoms with Crippen molar-refractivity contribution in [1.82, 2.24) is 20.2 Å². The van der Waals surface area contributed by atoms with Gasteiger partial charge in [-0.1, -0.05) is 66.4 Å². The highest BCUT2D eigenvalue weighted by Crippen LogP contribution is 2.26.